The number of nitrogens with one attached hydrogen (secondary N) is 1. The lowest BCUT2D eigenvalue weighted by Crippen LogP contribution is -2.20. The van der Waals surface area contributed by atoms with Gasteiger partial charge in [-0.25, -0.2) is 0 Å². The fourth-order valence-corrected chi connectivity index (χ4v) is 2.91. The van der Waals surface area contributed by atoms with Gasteiger partial charge in [-0.3, -0.25) is 14.9 Å². The first-order chi connectivity index (χ1) is 10.1. The molecule has 0 aliphatic carbocycles. The Morgan fingerprint density at radius 2 is 1.76 bits per heavy atom. The largest absolute Gasteiger partial charge is 0.309 e. The van der Waals surface area contributed by atoms with E-state index in [2.05, 4.69) is 10.2 Å². The van der Waals surface area contributed by atoms with E-state index in [9.17, 15) is 9.59 Å². The molecule has 108 valence electrons. The van der Waals surface area contributed by atoms with Crippen LogP contribution in [0.15, 0.2) is 30.3 Å². The molecule has 2 aromatic carbocycles. The van der Waals surface area contributed by atoms with Crippen LogP contribution >= 0.6 is 0 Å². The summed E-state index contributed by atoms with van der Waals surface area (Å²) in [5.41, 5.74) is 2.07. The van der Waals surface area contributed by atoms with Crippen molar-refractivity contribution in [3.63, 3.8) is 0 Å². The van der Waals surface area contributed by atoms with Crippen LogP contribution in [0, 0.1) is 0 Å². The first-order valence-electron chi connectivity index (χ1n) is 7.13. The van der Waals surface area contributed by atoms with Crippen molar-refractivity contribution in [2.75, 3.05) is 20.6 Å². The van der Waals surface area contributed by atoms with Crippen LogP contribution in [0.5, 0.6) is 0 Å². The van der Waals surface area contributed by atoms with Gasteiger partial charge in [0.15, 0.2) is 0 Å². The van der Waals surface area contributed by atoms with E-state index >= 15 is 0 Å². The second-order valence-electron chi connectivity index (χ2n) is 5.70. The minimum atomic E-state index is -0.277. The van der Waals surface area contributed by atoms with Crippen molar-refractivity contribution < 1.29 is 9.59 Å². The molecule has 0 radical (unpaired) electrons. The summed E-state index contributed by atoms with van der Waals surface area (Å²) in [7, 11) is 4.06. The number of benzene rings is 2. The topological polar surface area (TPSA) is 49.4 Å². The van der Waals surface area contributed by atoms with Gasteiger partial charge in [-0.2, -0.15) is 0 Å². The number of amides is 2. The molecule has 0 bridgehead atoms. The summed E-state index contributed by atoms with van der Waals surface area (Å²) in [6.07, 6.45) is 1.76. The van der Waals surface area contributed by atoms with Crippen LogP contribution in [0.2, 0.25) is 0 Å². The zero-order valence-corrected chi connectivity index (χ0v) is 12.3. The predicted octanol–water partition coefficient (Wildman–Crippen LogP) is 2.22. The van der Waals surface area contributed by atoms with E-state index in [0.29, 0.717) is 11.1 Å². The number of hydrogen-bond donors (Lipinski definition) is 1. The van der Waals surface area contributed by atoms with Gasteiger partial charge in [0.25, 0.3) is 11.8 Å². The van der Waals surface area contributed by atoms with Crippen molar-refractivity contribution in [1.29, 1.82) is 0 Å². The lowest BCUT2D eigenvalue weighted by atomic mass is 9.93. The Hall–Kier alpha value is -2.20. The van der Waals surface area contributed by atoms with Crippen molar-refractivity contribution in [3.8, 4) is 0 Å². The number of hydrogen-bond acceptors (Lipinski definition) is 3. The standard InChI is InChI=1S/C17H18N2O2/c1-19(2)9-5-7-12-10-11-6-3-4-8-13(11)15-14(12)16(20)18-17(15)21/h3-4,6,8,10H,5,7,9H2,1-2H3,(H,18,20,21). The Kier molecular flexibility index (Phi) is 3.47. The van der Waals surface area contributed by atoms with E-state index in [-0.39, 0.29) is 11.8 Å². The van der Waals surface area contributed by atoms with Crippen LogP contribution in [-0.2, 0) is 6.42 Å². The first-order valence-corrected chi connectivity index (χ1v) is 7.13. The van der Waals surface area contributed by atoms with Crippen molar-refractivity contribution in [2.24, 2.45) is 0 Å². The third-order valence-electron chi connectivity index (χ3n) is 3.86. The molecule has 0 atom stereocenters. The average molecular weight is 282 g/mol. The Bertz CT molecular complexity index is 735. The number of carbonyl (C=O) groups is 2. The molecule has 4 heteroatoms. The molecule has 1 N–H and O–H groups in total. The zero-order chi connectivity index (χ0) is 15.0. The highest BCUT2D eigenvalue weighted by Crippen LogP contribution is 2.30. The molecule has 0 fully saturated rings. The van der Waals surface area contributed by atoms with Gasteiger partial charge in [0.2, 0.25) is 0 Å². The van der Waals surface area contributed by atoms with Crippen molar-refractivity contribution in [2.45, 2.75) is 12.8 Å². The lowest BCUT2D eigenvalue weighted by Gasteiger charge is -2.12. The Morgan fingerprint density at radius 3 is 2.52 bits per heavy atom. The molecule has 0 aromatic heterocycles. The number of rotatable bonds is 4. The normalized spacial score (nSPS) is 13.9. The summed E-state index contributed by atoms with van der Waals surface area (Å²) in [6, 6.07) is 9.77. The molecule has 21 heavy (non-hydrogen) atoms. The zero-order valence-electron chi connectivity index (χ0n) is 12.3. The van der Waals surface area contributed by atoms with Gasteiger partial charge in [-0.05, 0) is 49.8 Å². The second kappa shape index (κ2) is 5.30. The van der Waals surface area contributed by atoms with E-state index in [0.717, 1.165) is 35.7 Å². The smallest absolute Gasteiger partial charge is 0.259 e. The molecule has 0 unspecified atom stereocenters. The fraction of sp³-hybridized carbons (Fsp3) is 0.294. The van der Waals surface area contributed by atoms with Gasteiger partial charge in [-0.15, -0.1) is 0 Å². The van der Waals surface area contributed by atoms with Gasteiger partial charge in [0.1, 0.15) is 0 Å². The molecule has 2 amide bonds. The maximum absolute atomic E-state index is 12.1. The third kappa shape index (κ3) is 2.43. The maximum atomic E-state index is 12.1. The molecule has 4 nitrogen and oxygen atoms in total. The summed E-state index contributed by atoms with van der Waals surface area (Å²) in [5.74, 6) is -0.540. The Balaban J connectivity index is 2.10. The van der Waals surface area contributed by atoms with E-state index in [4.69, 9.17) is 0 Å². The number of nitrogens with zero attached hydrogens (tertiary/aromatic N) is 1. The number of imide groups is 1. The molecule has 1 aliphatic rings. The highest BCUT2D eigenvalue weighted by atomic mass is 16.2. The molecule has 0 spiro atoms. The van der Waals surface area contributed by atoms with Crippen LogP contribution in [0.25, 0.3) is 10.8 Å². The van der Waals surface area contributed by atoms with E-state index < -0.39 is 0 Å². The summed E-state index contributed by atoms with van der Waals surface area (Å²) in [4.78, 5) is 26.3. The number of fused-ring (bicyclic) bond motifs is 3. The fourth-order valence-electron chi connectivity index (χ4n) is 2.91. The summed E-state index contributed by atoms with van der Waals surface area (Å²) in [6.45, 7) is 0.956. The number of carbonyl (C=O) groups excluding carboxylic acids is 2. The molecular weight excluding hydrogens is 264 g/mol. The SMILES string of the molecule is CN(C)CCCc1cc2ccccc2c2c1C(=O)NC2=O. The van der Waals surface area contributed by atoms with Crippen LogP contribution in [0.4, 0.5) is 0 Å². The van der Waals surface area contributed by atoms with Crippen LogP contribution in [0.3, 0.4) is 0 Å². The van der Waals surface area contributed by atoms with Gasteiger partial charge >= 0.3 is 0 Å². The van der Waals surface area contributed by atoms with E-state index in [1.807, 2.05) is 44.4 Å². The van der Waals surface area contributed by atoms with Crippen molar-refractivity contribution in [1.82, 2.24) is 10.2 Å². The van der Waals surface area contributed by atoms with Crippen LogP contribution in [-0.4, -0.2) is 37.4 Å². The van der Waals surface area contributed by atoms with Gasteiger partial charge in [0, 0.05) is 0 Å². The number of aryl methyl sites for hydroxylation is 1. The molecule has 2 aromatic rings. The highest BCUT2D eigenvalue weighted by molar-refractivity contribution is 6.27. The molecule has 0 saturated carbocycles. The minimum absolute atomic E-state index is 0.263. The van der Waals surface area contributed by atoms with Crippen molar-refractivity contribution in [3.05, 3.63) is 47.0 Å². The molecular formula is C17H18N2O2. The lowest BCUT2D eigenvalue weighted by molar-refractivity contribution is 0.0880. The molecule has 1 aliphatic heterocycles. The maximum Gasteiger partial charge on any atom is 0.259 e. The highest BCUT2D eigenvalue weighted by Gasteiger charge is 2.31. The minimum Gasteiger partial charge on any atom is -0.309 e. The van der Waals surface area contributed by atoms with Crippen LogP contribution in [0.1, 0.15) is 32.7 Å². The van der Waals surface area contributed by atoms with Crippen LogP contribution < -0.4 is 5.32 Å². The Labute approximate surface area is 123 Å². The van der Waals surface area contributed by atoms with Gasteiger partial charge in [0.05, 0.1) is 11.1 Å². The second-order valence-corrected chi connectivity index (χ2v) is 5.70. The van der Waals surface area contributed by atoms with Gasteiger partial charge < -0.3 is 4.90 Å². The summed E-state index contributed by atoms with van der Waals surface area (Å²) in [5, 5.41) is 4.29. The molecule has 3 rings (SSSR count). The predicted molar refractivity (Wildman–Crippen MR) is 82.6 cm³/mol. The molecule has 0 saturated heterocycles. The van der Waals surface area contributed by atoms with E-state index in [1.165, 1.54) is 0 Å². The monoisotopic (exact) mass is 282 g/mol. The van der Waals surface area contributed by atoms with Crippen molar-refractivity contribution >= 4 is 22.6 Å². The third-order valence-corrected chi connectivity index (χ3v) is 3.86. The average Bonchev–Trinajstić information content (AvgIpc) is 2.74. The Morgan fingerprint density at radius 1 is 1.05 bits per heavy atom. The quantitative estimate of drug-likeness (QED) is 0.875. The van der Waals surface area contributed by atoms with Gasteiger partial charge in [-0.1, -0.05) is 30.3 Å². The summed E-state index contributed by atoms with van der Waals surface area (Å²) < 4.78 is 0. The first kappa shape index (κ1) is 13.8. The summed E-state index contributed by atoms with van der Waals surface area (Å²) >= 11 is 0. The molecule has 1 heterocycles. The van der Waals surface area contributed by atoms with E-state index in [1.54, 1.807) is 0 Å².